The third-order valence-electron chi connectivity index (χ3n) is 5.50. The maximum Gasteiger partial charge on any atom is 0.417 e. The molecule has 0 atom stereocenters. The zero-order valence-electron chi connectivity index (χ0n) is 16.7. The first-order valence-electron chi connectivity index (χ1n) is 9.76. The molecule has 0 aromatic heterocycles. The molecule has 1 saturated heterocycles. The summed E-state index contributed by atoms with van der Waals surface area (Å²) in [6.07, 6.45) is -4.81. The first-order valence-corrected chi connectivity index (χ1v) is 11.2. The molecule has 32 heavy (non-hydrogen) atoms. The van der Waals surface area contributed by atoms with E-state index in [1.807, 2.05) is 24.3 Å². The topological polar surface area (TPSA) is 77.9 Å². The van der Waals surface area contributed by atoms with Crippen LogP contribution in [0.15, 0.2) is 65.6 Å². The zero-order chi connectivity index (χ0) is 23.1. The Balaban J connectivity index is 1.54. The number of carboxylic acid groups (broad SMARTS) is 1. The van der Waals surface area contributed by atoms with Crippen molar-refractivity contribution in [2.45, 2.75) is 11.1 Å². The van der Waals surface area contributed by atoms with Crippen LogP contribution in [0.4, 0.5) is 18.9 Å². The molecule has 3 aromatic carbocycles. The average Bonchev–Trinajstić information content (AvgIpc) is 2.77. The fraction of sp³-hybridized carbons (Fsp3) is 0.227. The summed E-state index contributed by atoms with van der Waals surface area (Å²) in [5.74, 6) is -1.66. The first kappa shape index (κ1) is 22.1. The van der Waals surface area contributed by atoms with Crippen LogP contribution in [0, 0.1) is 0 Å². The van der Waals surface area contributed by atoms with Crippen LogP contribution >= 0.6 is 0 Å². The predicted octanol–water partition coefficient (Wildman–Crippen LogP) is 4.07. The van der Waals surface area contributed by atoms with E-state index in [-0.39, 0.29) is 36.8 Å². The SMILES string of the molecule is O=C(O)c1ccc(N2CCN(S(=O)(=O)c3ccc4ccccc4c3)CC2)cc1C(F)(F)F. The van der Waals surface area contributed by atoms with Gasteiger partial charge in [0.15, 0.2) is 0 Å². The van der Waals surface area contributed by atoms with Gasteiger partial charge in [-0.1, -0.05) is 30.3 Å². The number of carbonyl (C=O) groups is 1. The summed E-state index contributed by atoms with van der Waals surface area (Å²) < 4.78 is 67.4. The number of aromatic carboxylic acids is 1. The van der Waals surface area contributed by atoms with Crippen LogP contribution in [0.25, 0.3) is 10.8 Å². The molecule has 3 aromatic rings. The molecule has 1 heterocycles. The highest BCUT2D eigenvalue weighted by atomic mass is 32.2. The van der Waals surface area contributed by atoms with E-state index < -0.39 is 33.3 Å². The van der Waals surface area contributed by atoms with Gasteiger partial charge in [-0.05, 0) is 41.1 Å². The minimum Gasteiger partial charge on any atom is -0.478 e. The Morgan fingerprint density at radius 2 is 1.53 bits per heavy atom. The van der Waals surface area contributed by atoms with E-state index in [0.29, 0.717) is 0 Å². The molecule has 10 heteroatoms. The molecule has 0 unspecified atom stereocenters. The Morgan fingerprint density at radius 1 is 0.875 bits per heavy atom. The average molecular weight is 464 g/mol. The van der Waals surface area contributed by atoms with Crippen LogP contribution in [0.2, 0.25) is 0 Å². The molecule has 6 nitrogen and oxygen atoms in total. The van der Waals surface area contributed by atoms with Gasteiger partial charge in [0.2, 0.25) is 10.0 Å². The largest absolute Gasteiger partial charge is 0.478 e. The van der Waals surface area contributed by atoms with Crippen molar-refractivity contribution in [1.82, 2.24) is 4.31 Å². The van der Waals surface area contributed by atoms with Crippen molar-refractivity contribution >= 4 is 32.5 Å². The highest BCUT2D eigenvalue weighted by Gasteiger charge is 2.36. The minimum atomic E-state index is -4.81. The second kappa shape index (κ2) is 8.10. The van der Waals surface area contributed by atoms with Gasteiger partial charge in [0.25, 0.3) is 0 Å². The van der Waals surface area contributed by atoms with Crippen LogP contribution < -0.4 is 4.90 Å². The summed E-state index contributed by atoms with van der Waals surface area (Å²) >= 11 is 0. The van der Waals surface area contributed by atoms with Gasteiger partial charge >= 0.3 is 12.1 Å². The van der Waals surface area contributed by atoms with Crippen molar-refractivity contribution in [3.63, 3.8) is 0 Å². The van der Waals surface area contributed by atoms with Gasteiger partial charge in [-0.25, -0.2) is 13.2 Å². The smallest absolute Gasteiger partial charge is 0.417 e. The van der Waals surface area contributed by atoms with E-state index in [1.54, 1.807) is 23.1 Å². The standard InChI is InChI=1S/C22H19F3N2O4S/c23-22(24,25)20-14-17(6-8-19(20)21(28)29)26-9-11-27(12-10-26)32(30,31)18-7-5-15-3-1-2-4-16(15)13-18/h1-8,13-14H,9-12H2,(H,28,29). The number of rotatable bonds is 4. The lowest BCUT2D eigenvalue weighted by atomic mass is 10.1. The number of sulfonamides is 1. The lowest BCUT2D eigenvalue weighted by Gasteiger charge is -2.35. The Labute approximate surface area is 182 Å². The van der Waals surface area contributed by atoms with Crippen LogP contribution in [0.3, 0.4) is 0 Å². The molecule has 0 saturated carbocycles. The number of anilines is 1. The fourth-order valence-corrected chi connectivity index (χ4v) is 5.27. The van der Waals surface area contributed by atoms with Gasteiger partial charge < -0.3 is 10.0 Å². The third-order valence-corrected chi connectivity index (χ3v) is 7.40. The molecule has 0 spiro atoms. The maximum absolute atomic E-state index is 13.3. The van der Waals surface area contributed by atoms with E-state index in [1.165, 1.54) is 10.4 Å². The lowest BCUT2D eigenvalue weighted by Crippen LogP contribution is -2.48. The Bertz CT molecular complexity index is 1280. The van der Waals surface area contributed by atoms with Crippen molar-refractivity contribution < 1.29 is 31.5 Å². The first-order chi connectivity index (χ1) is 15.1. The number of hydrogen-bond donors (Lipinski definition) is 1. The molecule has 0 bridgehead atoms. The molecular weight excluding hydrogens is 445 g/mol. The van der Waals surface area contributed by atoms with Gasteiger partial charge in [0, 0.05) is 31.9 Å². The molecule has 4 rings (SSSR count). The normalized spacial score (nSPS) is 15.8. The second-order valence-electron chi connectivity index (χ2n) is 7.43. The van der Waals surface area contributed by atoms with Gasteiger partial charge in [-0.2, -0.15) is 17.5 Å². The van der Waals surface area contributed by atoms with Gasteiger partial charge in [0.05, 0.1) is 16.0 Å². The van der Waals surface area contributed by atoms with E-state index in [0.717, 1.165) is 22.9 Å². The number of fused-ring (bicyclic) bond motifs is 1. The Hall–Kier alpha value is -3.11. The van der Waals surface area contributed by atoms with E-state index in [4.69, 9.17) is 5.11 Å². The van der Waals surface area contributed by atoms with Gasteiger partial charge in [0.1, 0.15) is 0 Å². The highest BCUT2D eigenvalue weighted by Crippen LogP contribution is 2.35. The number of piperazine rings is 1. The number of hydrogen-bond acceptors (Lipinski definition) is 4. The van der Waals surface area contributed by atoms with Crippen molar-refractivity contribution in [2.75, 3.05) is 31.1 Å². The number of alkyl halides is 3. The van der Waals surface area contributed by atoms with Crippen LogP contribution in [0.1, 0.15) is 15.9 Å². The van der Waals surface area contributed by atoms with E-state index in [9.17, 15) is 26.4 Å². The second-order valence-corrected chi connectivity index (χ2v) is 9.37. The number of benzene rings is 3. The molecule has 168 valence electrons. The summed E-state index contributed by atoms with van der Waals surface area (Å²) in [5, 5.41) is 10.8. The maximum atomic E-state index is 13.3. The quantitative estimate of drug-likeness (QED) is 0.630. The molecular formula is C22H19F3N2O4S. The summed E-state index contributed by atoms with van der Waals surface area (Å²) in [7, 11) is -3.76. The highest BCUT2D eigenvalue weighted by molar-refractivity contribution is 7.89. The molecule has 0 aliphatic carbocycles. The molecule has 1 aliphatic heterocycles. The summed E-state index contributed by atoms with van der Waals surface area (Å²) in [6.45, 7) is 0.543. The number of halogens is 3. The number of nitrogens with zero attached hydrogens (tertiary/aromatic N) is 2. The molecule has 1 aliphatic rings. The van der Waals surface area contributed by atoms with Crippen molar-refractivity contribution in [3.05, 3.63) is 71.8 Å². The van der Waals surface area contributed by atoms with Crippen LogP contribution in [0.5, 0.6) is 0 Å². The van der Waals surface area contributed by atoms with Crippen molar-refractivity contribution in [3.8, 4) is 0 Å². The third kappa shape index (κ3) is 4.15. The summed E-state index contributed by atoms with van der Waals surface area (Å²) in [4.78, 5) is 12.9. The van der Waals surface area contributed by atoms with Gasteiger partial charge in [-0.3, -0.25) is 0 Å². The Kier molecular flexibility index (Phi) is 5.59. The lowest BCUT2D eigenvalue weighted by molar-refractivity contribution is -0.138. The van der Waals surface area contributed by atoms with E-state index >= 15 is 0 Å². The molecule has 1 fully saturated rings. The molecule has 0 amide bonds. The molecule has 1 N–H and O–H groups in total. The van der Waals surface area contributed by atoms with Crippen LogP contribution in [-0.4, -0.2) is 50.0 Å². The zero-order valence-corrected chi connectivity index (χ0v) is 17.5. The van der Waals surface area contributed by atoms with Crippen molar-refractivity contribution in [1.29, 1.82) is 0 Å². The Morgan fingerprint density at radius 3 is 2.16 bits per heavy atom. The van der Waals surface area contributed by atoms with Crippen LogP contribution in [-0.2, 0) is 16.2 Å². The van der Waals surface area contributed by atoms with Crippen molar-refractivity contribution in [2.24, 2.45) is 0 Å². The summed E-state index contributed by atoms with van der Waals surface area (Å²) in [5.41, 5.74) is -1.85. The van der Waals surface area contributed by atoms with E-state index in [2.05, 4.69) is 0 Å². The monoisotopic (exact) mass is 464 g/mol. The van der Waals surface area contributed by atoms with Gasteiger partial charge in [-0.15, -0.1) is 0 Å². The summed E-state index contributed by atoms with van der Waals surface area (Å²) in [6, 6.07) is 15.3. The minimum absolute atomic E-state index is 0.0944. The predicted molar refractivity (Wildman–Crippen MR) is 113 cm³/mol. The number of carboxylic acids is 1. The fourth-order valence-electron chi connectivity index (χ4n) is 3.81. The molecule has 0 radical (unpaired) electrons.